The topological polar surface area (TPSA) is 75.9 Å². The molecule has 4 N–H and O–H groups in total. The van der Waals surface area contributed by atoms with E-state index in [-0.39, 0.29) is 5.41 Å². The molecule has 0 saturated carbocycles. The molecule has 0 unspecified atom stereocenters. The molecule has 0 bridgehead atoms. The SMILES string of the molecule is Cc1c(NN)nc(C(C)(C)C)nc1NCc1ccc(Cl)s1. The Morgan fingerprint density at radius 3 is 2.43 bits per heavy atom. The van der Waals surface area contributed by atoms with E-state index >= 15 is 0 Å². The minimum absolute atomic E-state index is 0.151. The minimum Gasteiger partial charge on any atom is -0.365 e. The Labute approximate surface area is 133 Å². The van der Waals surface area contributed by atoms with E-state index in [2.05, 4.69) is 41.5 Å². The second-order valence-corrected chi connectivity index (χ2v) is 7.62. The average molecular weight is 326 g/mol. The van der Waals surface area contributed by atoms with Crippen LogP contribution < -0.4 is 16.6 Å². The van der Waals surface area contributed by atoms with E-state index in [1.54, 1.807) is 11.3 Å². The highest BCUT2D eigenvalue weighted by atomic mass is 35.5. The molecule has 0 radical (unpaired) electrons. The summed E-state index contributed by atoms with van der Waals surface area (Å²) in [6.45, 7) is 8.82. The Morgan fingerprint density at radius 2 is 1.90 bits per heavy atom. The second-order valence-electron chi connectivity index (χ2n) is 5.82. The fourth-order valence-electron chi connectivity index (χ4n) is 1.78. The first-order chi connectivity index (χ1) is 9.81. The zero-order valence-electron chi connectivity index (χ0n) is 12.6. The lowest BCUT2D eigenvalue weighted by molar-refractivity contribution is 0.546. The Hall–Kier alpha value is -1.37. The molecular weight excluding hydrogens is 306 g/mol. The number of hydrazine groups is 1. The average Bonchev–Trinajstić information content (AvgIpc) is 2.82. The van der Waals surface area contributed by atoms with Crippen LogP contribution in [0.15, 0.2) is 12.1 Å². The number of halogens is 1. The van der Waals surface area contributed by atoms with Gasteiger partial charge in [-0.15, -0.1) is 11.3 Å². The molecule has 114 valence electrons. The normalized spacial score (nSPS) is 11.5. The van der Waals surface area contributed by atoms with Crippen LogP contribution in [-0.2, 0) is 12.0 Å². The molecule has 2 rings (SSSR count). The van der Waals surface area contributed by atoms with Crippen molar-refractivity contribution in [1.29, 1.82) is 0 Å². The maximum Gasteiger partial charge on any atom is 0.148 e. The number of nitrogens with zero attached hydrogens (tertiary/aromatic N) is 2. The third kappa shape index (κ3) is 3.84. The van der Waals surface area contributed by atoms with Crippen molar-refractivity contribution in [2.75, 3.05) is 10.7 Å². The van der Waals surface area contributed by atoms with Gasteiger partial charge >= 0.3 is 0 Å². The molecule has 0 spiro atoms. The highest BCUT2D eigenvalue weighted by Gasteiger charge is 2.21. The number of nitrogens with two attached hydrogens (primary N) is 1. The van der Waals surface area contributed by atoms with E-state index in [9.17, 15) is 0 Å². The van der Waals surface area contributed by atoms with Crippen molar-refractivity contribution >= 4 is 34.6 Å². The van der Waals surface area contributed by atoms with Gasteiger partial charge in [0.1, 0.15) is 17.5 Å². The van der Waals surface area contributed by atoms with Crippen LogP contribution in [-0.4, -0.2) is 9.97 Å². The largest absolute Gasteiger partial charge is 0.365 e. The highest BCUT2D eigenvalue weighted by molar-refractivity contribution is 7.16. The van der Waals surface area contributed by atoms with Gasteiger partial charge in [-0.1, -0.05) is 32.4 Å². The zero-order chi connectivity index (χ0) is 15.6. The fraction of sp³-hybridized carbons (Fsp3) is 0.429. The van der Waals surface area contributed by atoms with Crippen LogP contribution in [0.3, 0.4) is 0 Å². The number of rotatable bonds is 4. The molecule has 2 aromatic heterocycles. The summed E-state index contributed by atoms with van der Waals surface area (Å²) >= 11 is 7.50. The van der Waals surface area contributed by atoms with Crippen molar-refractivity contribution < 1.29 is 0 Å². The Morgan fingerprint density at radius 1 is 1.24 bits per heavy atom. The number of aromatic nitrogens is 2. The van der Waals surface area contributed by atoms with Gasteiger partial charge in [0.2, 0.25) is 0 Å². The molecule has 0 aliphatic rings. The monoisotopic (exact) mass is 325 g/mol. The van der Waals surface area contributed by atoms with Gasteiger partial charge in [0, 0.05) is 15.9 Å². The fourth-order valence-corrected chi connectivity index (χ4v) is 2.81. The predicted octanol–water partition coefficient (Wildman–Crippen LogP) is 3.70. The van der Waals surface area contributed by atoms with Gasteiger partial charge in [0.15, 0.2) is 0 Å². The van der Waals surface area contributed by atoms with Gasteiger partial charge < -0.3 is 10.7 Å². The van der Waals surface area contributed by atoms with Crippen molar-refractivity contribution in [2.45, 2.75) is 39.7 Å². The molecule has 0 saturated heterocycles. The maximum absolute atomic E-state index is 5.94. The van der Waals surface area contributed by atoms with E-state index in [1.807, 2.05) is 19.1 Å². The quantitative estimate of drug-likeness (QED) is 0.590. The van der Waals surface area contributed by atoms with Crippen molar-refractivity contribution in [3.05, 3.63) is 32.7 Å². The van der Waals surface area contributed by atoms with E-state index in [0.29, 0.717) is 12.4 Å². The van der Waals surface area contributed by atoms with Gasteiger partial charge in [-0.25, -0.2) is 15.8 Å². The van der Waals surface area contributed by atoms with Crippen LogP contribution >= 0.6 is 22.9 Å². The van der Waals surface area contributed by atoms with E-state index in [1.165, 1.54) is 0 Å². The van der Waals surface area contributed by atoms with Gasteiger partial charge in [-0.05, 0) is 19.1 Å². The number of nitrogens with one attached hydrogen (secondary N) is 2. The summed E-state index contributed by atoms with van der Waals surface area (Å²) in [7, 11) is 0. The minimum atomic E-state index is -0.151. The van der Waals surface area contributed by atoms with Crippen molar-refractivity contribution in [3.8, 4) is 0 Å². The molecule has 0 amide bonds. The standard InChI is InChI=1S/C14H20ClN5S/c1-8-11(17-7-9-5-6-10(15)21-9)18-13(14(2,3)4)19-12(8)20-16/h5-6H,7,16H2,1-4H3,(H2,17,18,19,20). The third-order valence-electron chi connectivity index (χ3n) is 3.01. The van der Waals surface area contributed by atoms with Crippen LogP contribution in [0.4, 0.5) is 11.6 Å². The maximum atomic E-state index is 5.94. The molecule has 0 aromatic carbocycles. The Bertz CT molecular complexity index is 633. The summed E-state index contributed by atoms with van der Waals surface area (Å²) in [6.07, 6.45) is 0. The van der Waals surface area contributed by atoms with Crippen molar-refractivity contribution in [1.82, 2.24) is 9.97 Å². The Balaban J connectivity index is 2.28. The summed E-state index contributed by atoms with van der Waals surface area (Å²) in [5.41, 5.74) is 3.39. The molecule has 5 nitrogen and oxygen atoms in total. The first-order valence-corrected chi connectivity index (χ1v) is 7.84. The lowest BCUT2D eigenvalue weighted by Gasteiger charge is -2.20. The van der Waals surface area contributed by atoms with Crippen LogP contribution in [0.1, 0.15) is 37.0 Å². The number of hydrogen-bond donors (Lipinski definition) is 3. The smallest absolute Gasteiger partial charge is 0.148 e. The molecule has 2 heterocycles. The lowest BCUT2D eigenvalue weighted by atomic mass is 9.95. The van der Waals surface area contributed by atoms with Gasteiger partial charge in [0.25, 0.3) is 0 Å². The summed E-state index contributed by atoms with van der Waals surface area (Å²) < 4.78 is 0.783. The molecule has 0 fully saturated rings. The van der Waals surface area contributed by atoms with Crippen molar-refractivity contribution in [3.63, 3.8) is 0 Å². The first kappa shape index (κ1) is 16.0. The number of anilines is 2. The highest BCUT2D eigenvalue weighted by Crippen LogP contribution is 2.27. The molecule has 0 aliphatic heterocycles. The number of hydrogen-bond acceptors (Lipinski definition) is 6. The second kappa shape index (κ2) is 6.17. The summed E-state index contributed by atoms with van der Waals surface area (Å²) in [5.74, 6) is 7.73. The van der Waals surface area contributed by atoms with E-state index < -0.39 is 0 Å². The third-order valence-corrected chi connectivity index (χ3v) is 4.24. The lowest BCUT2D eigenvalue weighted by Crippen LogP contribution is -2.21. The van der Waals surface area contributed by atoms with E-state index in [0.717, 1.165) is 26.4 Å². The van der Waals surface area contributed by atoms with Crippen LogP contribution in [0.2, 0.25) is 4.34 Å². The Kier molecular flexibility index (Phi) is 4.70. The van der Waals surface area contributed by atoms with Crippen molar-refractivity contribution in [2.24, 2.45) is 5.84 Å². The molecule has 7 heteroatoms. The zero-order valence-corrected chi connectivity index (χ0v) is 14.2. The van der Waals surface area contributed by atoms with E-state index in [4.69, 9.17) is 17.4 Å². The molecule has 0 atom stereocenters. The van der Waals surface area contributed by atoms with Gasteiger partial charge in [0.05, 0.1) is 10.9 Å². The predicted molar refractivity (Wildman–Crippen MR) is 89.9 cm³/mol. The summed E-state index contributed by atoms with van der Waals surface area (Å²) in [6, 6.07) is 3.90. The number of thiophene rings is 1. The van der Waals surface area contributed by atoms with Crippen LogP contribution in [0, 0.1) is 6.92 Å². The number of nitrogen functional groups attached to an aromatic ring is 1. The molecular formula is C14H20ClN5S. The molecule has 21 heavy (non-hydrogen) atoms. The first-order valence-electron chi connectivity index (χ1n) is 6.65. The van der Waals surface area contributed by atoms with Gasteiger partial charge in [-0.3, -0.25) is 0 Å². The molecule has 2 aromatic rings. The van der Waals surface area contributed by atoms with Gasteiger partial charge in [-0.2, -0.15) is 0 Å². The summed E-state index contributed by atoms with van der Waals surface area (Å²) in [4.78, 5) is 10.3. The molecule has 0 aliphatic carbocycles. The summed E-state index contributed by atoms with van der Waals surface area (Å²) in [5, 5.41) is 3.33. The van der Waals surface area contributed by atoms with Crippen LogP contribution in [0.5, 0.6) is 0 Å². The van der Waals surface area contributed by atoms with Crippen LogP contribution in [0.25, 0.3) is 0 Å².